The van der Waals surface area contributed by atoms with Crippen molar-refractivity contribution in [1.82, 2.24) is 5.16 Å². The van der Waals surface area contributed by atoms with Crippen molar-refractivity contribution in [1.29, 1.82) is 0 Å². The molecule has 2 rings (SSSR count). The zero-order chi connectivity index (χ0) is 14.0. The molecule has 1 aromatic heterocycles. The molecule has 0 bridgehead atoms. The Morgan fingerprint density at radius 3 is 2.74 bits per heavy atom. The van der Waals surface area contributed by atoms with Crippen LogP contribution in [0.5, 0.6) is 5.75 Å². The molecule has 1 aromatic carbocycles. The first-order valence-electron chi connectivity index (χ1n) is 5.50. The van der Waals surface area contributed by atoms with Gasteiger partial charge in [0.1, 0.15) is 5.75 Å². The van der Waals surface area contributed by atoms with Gasteiger partial charge in [-0.1, -0.05) is 11.2 Å². The zero-order valence-corrected chi connectivity index (χ0v) is 11.6. The fourth-order valence-electron chi connectivity index (χ4n) is 1.83. The molecule has 100 valence electrons. The summed E-state index contributed by atoms with van der Waals surface area (Å²) in [4.78, 5) is 11.8. The molecular weight excluding hydrogens is 266 g/mol. The van der Waals surface area contributed by atoms with E-state index in [1.54, 1.807) is 7.11 Å². The summed E-state index contributed by atoms with van der Waals surface area (Å²) in [7, 11) is 1.57. The first-order valence-corrected chi connectivity index (χ1v) is 6.73. The van der Waals surface area contributed by atoms with Crippen LogP contribution in [0.1, 0.15) is 16.1 Å². The van der Waals surface area contributed by atoms with Crippen LogP contribution < -0.4 is 4.74 Å². The second kappa shape index (κ2) is 5.36. The lowest BCUT2D eigenvalue weighted by Gasteiger charge is -2.12. The summed E-state index contributed by atoms with van der Waals surface area (Å²) in [5.74, 6) is -0.0606. The minimum Gasteiger partial charge on any atom is -0.496 e. The van der Waals surface area contributed by atoms with Gasteiger partial charge < -0.3 is 14.4 Å². The molecule has 1 N–H and O–H groups in total. The highest BCUT2D eigenvalue weighted by Gasteiger charge is 2.20. The van der Waals surface area contributed by atoms with Gasteiger partial charge in [-0.3, -0.25) is 0 Å². The molecule has 0 radical (unpaired) electrons. The summed E-state index contributed by atoms with van der Waals surface area (Å²) >= 11 is 1.53. The van der Waals surface area contributed by atoms with Crippen LogP contribution in [0.2, 0.25) is 0 Å². The number of thioether (sulfide) groups is 1. The molecule has 0 unspecified atom stereocenters. The third kappa shape index (κ3) is 2.44. The van der Waals surface area contributed by atoms with Crippen molar-refractivity contribution in [2.45, 2.75) is 11.8 Å². The van der Waals surface area contributed by atoms with E-state index in [0.717, 1.165) is 16.0 Å². The molecule has 5 nitrogen and oxygen atoms in total. The van der Waals surface area contributed by atoms with E-state index in [0.29, 0.717) is 11.5 Å². The van der Waals surface area contributed by atoms with Gasteiger partial charge in [0.2, 0.25) is 0 Å². The maximum absolute atomic E-state index is 10.9. The largest absolute Gasteiger partial charge is 0.496 e. The lowest BCUT2D eigenvalue weighted by Crippen LogP contribution is -1.95. The van der Waals surface area contributed by atoms with Crippen LogP contribution in [0.4, 0.5) is 0 Å². The Kier molecular flexibility index (Phi) is 3.80. The number of rotatable bonds is 4. The minimum atomic E-state index is -1.12. The number of aryl methyl sites for hydroxylation is 1. The first-order chi connectivity index (χ1) is 9.08. The second-order valence-corrected chi connectivity index (χ2v) is 4.72. The fraction of sp³-hybridized carbons (Fsp3) is 0.231. The van der Waals surface area contributed by atoms with E-state index in [2.05, 4.69) is 5.16 Å². The van der Waals surface area contributed by atoms with Crippen LogP contribution in [0.25, 0.3) is 11.3 Å². The maximum Gasteiger partial charge on any atom is 0.358 e. The minimum absolute atomic E-state index is 0.120. The van der Waals surface area contributed by atoms with Crippen LogP contribution in [-0.2, 0) is 0 Å². The smallest absolute Gasteiger partial charge is 0.358 e. The van der Waals surface area contributed by atoms with Gasteiger partial charge >= 0.3 is 5.97 Å². The number of nitrogens with zero attached hydrogens (tertiary/aromatic N) is 1. The summed E-state index contributed by atoms with van der Waals surface area (Å²) < 4.78 is 10.5. The van der Waals surface area contributed by atoms with E-state index in [1.165, 1.54) is 17.8 Å². The molecular formula is C13H13NO4S. The summed E-state index contributed by atoms with van der Waals surface area (Å²) in [6.07, 6.45) is 1.93. The molecule has 0 aliphatic heterocycles. The normalized spacial score (nSPS) is 10.5. The third-order valence-corrected chi connectivity index (χ3v) is 3.50. The predicted octanol–water partition coefficient (Wildman–Crippen LogP) is 3.08. The first kappa shape index (κ1) is 13.5. The molecule has 2 aromatic rings. The van der Waals surface area contributed by atoms with Gasteiger partial charge in [-0.15, -0.1) is 11.8 Å². The van der Waals surface area contributed by atoms with Gasteiger partial charge in [-0.2, -0.15) is 0 Å². The third-order valence-electron chi connectivity index (χ3n) is 2.72. The quantitative estimate of drug-likeness (QED) is 0.867. The number of aromatic nitrogens is 1. The Morgan fingerprint density at radius 2 is 2.21 bits per heavy atom. The highest BCUT2D eigenvalue weighted by molar-refractivity contribution is 7.98. The topological polar surface area (TPSA) is 72.6 Å². The van der Waals surface area contributed by atoms with Gasteiger partial charge in [0.15, 0.2) is 11.5 Å². The Labute approximate surface area is 114 Å². The zero-order valence-electron chi connectivity index (χ0n) is 10.8. The van der Waals surface area contributed by atoms with Crippen molar-refractivity contribution < 1.29 is 19.2 Å². The van der Waals surface area contributed by atoms with Crippen molar-refractivity contribution in [3.63, 3.8) is 0 Å². The van der Waals surface area contributed by atoms with Crippen LogP contribution in [0.15, 0.2) is 27.6 Å². The van der Waals surface area contributed by atoms with E-state index in [9.17, 15) is 4.79 Å². The molecule has 0 amide bonds. The highest BCUT2D eigenvalue weighted by atomic mass is 32.2. The van der Waals surface area contributed by atoms with Crippen molar-refractivity contribution in [2.75, 3.05) is 13.4 Å². The van der Waals surface area contributed by atoms with Crippen LogP contribution in [0.3, 0.4) is 0 Å². The lowest BCUT2D eigenvalue weighted by atomic mass is 10.1. The fourth-order valence-corrected chi connectivity index (χ4v) is 2.43. The van der Waals surface area contributed by atoms with Crippen molar-refractivity contribution >= 4 is 17.7 Å². The summed E-state index contributed by atoms with van der Waals surface area (Å²) in [5.41, 5.74) is 1.56. The van der Waals surface area contributed by atoms with Crippen molar-refractivity contribution in [3.8, 4) is 17.1 Å². The summed E-state index contributed by atoms with van der Waals surface area (Å²) in [6.45, 7) is 1.92. The molecule has 19 heavy (non-hydrogen) atoms. The molecule has 0 saturated heterocycles. The highest BCUT2D eigenvalue weighted by Crippen LogP contribution is 2.40. The Balaban J connectivity index is 2.64. The Morgan fingerprint density at radius 1 is 1.47 bits per heavy atom. The van der Waals surface area contributed by atoms with Gasteiger partial charge in [0, 0.05) is 11.0 Å². The van der Waals surface area contributed by atoms with E-state index < -0.39 is 5.97 Å². The van der Waals surface area contributed by atoms with Gasteiger partial charge in [0.05, 0.1) is 12.7 Å². The van der Waals surface area contributed by atoms with E-state index >= 15 is 0 Å². The molecule has 0 aliphatic carbocycles. The van der Waals surface area contributed by atoms with Gasteiger partial charge in [-0.05, 0) is 24.8 Å². The average Bonchev–Trinajstić information content (AvgIpc) is 2.87. The van der Waals surface area contributed by atoms with E-state index in [4.69, 9.17) is 14.4 Å². The number of benzene rings is 1. The molecule has 0 spiro atoms. The predicted molar refractivity (Wildman–Crippen MR) is 72.0 cm³/mol. The van der Waals surface area contributed by atoms with Gasteiger partial charge in [-0.25, -0.2) is 4.79 Å². The monoisotopic (exact) mass is 279 g/mol. The standard InChI is InChI=1S/C13H13NO4S/c1-7-4-5-10(19-3)11(12(7)17-2)9-6-8(13(15)16)14-18-9/h4-6H,1-3H3,(H,15,16). The number of carboxylic acids is 1. The number of methoxy groups -OCH3 is 1. The molecule has 0 atom stereocenters. The lowest BCUT2D eigenvalue weighted by molar-refractivity contribution is 0.0686. The number of hydrogen-bond donors (Lipinski definition) is 1. The van der Waals surface area contributed by atoms with E-state index in [-0.39, 0.29) is 5.69 Å². The molecule has 1 heterocycles. The van der Waals surface area contributed by atoms with Crippen molar-refractivity contribution in [2.24, 2.45) is 0 Å². The molecule has 6 heteroatoms. The number of carboxylic acid groups (broad SMARTS) is 1. The number of hydrogen-bond acceptors (Lipinski definition) is 5. The second-order valence-electron chi connectivity index (χ2n) is 3.87. The van der Waals surface area contributed by atoms with Crippen molar-refractivity contribution in [3.05, 3.63) is 29.5 Å². The Bertz CT molecular complexity index is 621. The SMILES string of the molecule is COc1c(C)ccc(SC)c1-c1cc(C(=O)O)no1. The number of ether oxygens (including phenoxy) is 1. The summed E-state index contributed by atoms with van der Waals surface area (Å²) in [5, 5.41) is 12.4. The number of aromatic carboxylic acids is 1. The van der Waals surface area contributed by atoms with E-state index in [1.807, 2.05) is 25.3 Å². The number of carbonyl (C=O) groups is 1. The van der Waals surface area contributed by atoms with Crippen LogP contribution in [-0.4, -0.2) is 29.6 Å². The average molecular weight is 279 g/mol. The Hall–Kier alpha value is -1.95. The molecule has 0 fully saturated rings. The van der Waals surface area contributed by atoms with Gasteiger partial charge in [0.25, 0.3) is 0 Å². The maximum atomic E-state index is 10.9. The van der Waals surface area contributed by atoms with Crippen LogP contribution in [0, 0.1) is 6.92 Å². The molecule has 0 saturated carbocycles. The molecule has 0 aliphatic rings. The summed E-state index contributed by atoms with van der Waals surface area (Å²) in [6, 6.07) is 5.29. The van der Waals surface area contributed by atoms with Crippen LogP contribution >= 0.6 is 11.8 Å².